The molecule has 0 bridgehead atoms. The zero-order chi connectivity index (χ0) is 26.8. The van der Waals surface area contributed by atoms with Gasteiger partial charge in [0.05, 0.1) is 30.1 Å². The van der Waals surface area contributed by atoms with Crippen molar-refractivity contribution in [2.45, 2.75) is 82.4 Å². The third kappa shape index (κ3) is 4.99. The summed E-state index contributed by atoms with van der Waals surface area (Å²) in [5, 5.41) is 16.9. The van der Waals surface area contributed by atoms with Crippen molar-refractivity contribution in [1.82, 2.24) is 14.7 Å². The van der Waals surface area contributed by atoms with Gasteiger partial charge in [-0.3, -0.25) is 13.8 Å². The number of carbonyl (C=O) groups is 1. The average Bonchev–Trinajstić information content (AvgIpc) is 3.39. The number of esters is 1. The zero-order valence-electron chi connectivity index (χ0n) is 21.2. The van der Waals surface area contributed by atoms with Gasteiger partial charge < -0.3 is 15.2 Å². The Bertz CT molecular complexity index is 1230. The molecule has 37 heavy (non-hydrogen) atoms. The van der Waals surface area contributed by atoms with E-state index in [-0.39, 0.29) is 18.9 Å². The SMILES string of the molecule is CCCCCCCOC(=O)[C@H](C)NP1(=O)OC[C@H]2O[C@@](C#N)(c3ccc4c(N)ccnn34)[C@](C)(F)[C@@H]2O1. The number of rotatable bonds is 10. The number of nitriles is 1. The van der Waals surface area contributed by atoms with Gasteiger partial charge in [-0.05, 0) is 38.5 Å². The number of halogens is 1. The number of anilines is 1. The molecule has 2 aromatic rings. The summed E-state index contributed by atoms with van der Waals surface area (Å²) < 4.78 is 53.4. The van der Waals surface area contributed by atoms with Crippen LogP contribution in [0.2, 0.25) is 0 Å². The minimum atomic E-state index is -4.15. The molecule has 0 aliphatic carbocycles. The topological polar surface area (TPSA) is 150 Å². The summed E-state index contributed by atoms with van der Waals surface area (Å²) >= 11 is 0. The molecule has 6 atom stereocenters. The van der Waals surface area contributed by atoms with Crippen LogP contribution < -0.4 is 10.8 Å². The van der Waals surface area contributed by atoms with E-state index in [0.717, 1.165) is 39.0 Å². The van der Waals surface area contributed by atoms with Crippen LogP contribution in [0, 0.1) is 11.3 Å². The van der Waals surface area contributed by atoms with Gasteiger partial charge in [-0.25, -0.2) is 18.6 Å². The maximum Gasteiger partial charge on any atom is 0.406 e. The Morgan fingerprint density at radius 3 is 2.89 bits per heavy atom. The molecule has 11 nitrogen and oxygen atoms in total. The van der Waals surface area contributed by atoms with Gasteiger partial charge >= 0.3 is 13.7 Å². The Morgan fingerprint density at radius 2 is 2.16 bits per heavy atom. The third-order valence-electron chi connectivity index (χ3n) is 6.85. The second-order valence-electron chi connectivity index (χ2n) is 9.58. The van der Waals surface area contributed by atoms with Crippen molar-refractivity contribution >= 4 is 24.9 Å². The number of nitrogens with two attached hydrogens (primary N) is 1. The molecular formula is C24H33FN5O6P. The monoisotopic (exact) mass is 537 g/mol. The summed E-state index contributed by atoms with van der Waals surface area (Å²) in [6, 6.07) is 5.62. The fourth-order valence-corrected chi connectivity index (χ4v) is 6.51. The van der Waals surface area contributed by atoms with Crippen molar-refractivity contribution in [3.63, 3.8) is 0 Å². The maximum absolute atomic E-state index is 16.6. The van der Waals surface area contributed by atoms with Crippen molar-refractivity contribution in [3.8, 4) is 6.07 Å². The lowest BCUT2D eigenvalue weighted by atomic mass is 9.82. The van der Waals surface area contributed by atoms with Gasteiger partial charge in [-0.15, -0.1) is 0 Å². The normalized spacial score (nSPS) is 32.1. The molecule has 2 aliphatic rings. The number of nitrogen functional groups attached to an aromatic ring is 1. The van der Waals surface area contributed by atoms with E-state index in [1.165, 1.54) is 23.7 Å². The first-order valence-electron chi connectivity index (χ1n) is 12.5. The fourth-order valence-electron chi connectivity index (χ4n) is 4.76. The molecule has 0 saturated carbocycles. The third-order valence-corrected chi connectivity index (χ3v) is 8.55. The van der Waals surface area contributed by atoms with Crippen molar-refractivity contribution in [2.75, 3.05) is 18.9 Å². The second kappa shape index (κ2) is 10.7. The van der Waals surface area contributed by atoms with Crippen LogP contribution in [0.3, 0.4) is 0 Å². The molecule has 13 heteroatoms. The lowest BCUT2D eigenvalue weighted by Gasteiger charge is -2.36. The van der Waals surface area contributed by atoms with Crippen LogP contribution in [0.15, 0.2) is 24.4 Å². The molecule has 0 radical (unpaired) electrons. The van der Waals surface area contributed by atoms with Crippen molar-refractivity contribution in [3.05, 3.63) is 30.1 Å². The zero-order valence-corrected chi connectivity index (χ0v) is 22.1. The first-order valence-corrected chi connectivity index (χ1v) is 14.0. The highest BCUT2D eigenvalue weighted by Crippen LogP contribution is 2.59. The smallest absolute Gasteiger partial charge is 0.406 e. The number of alkyl halides is 1. The number of hydrogen-bond acceptors (Lipinski definition) is 9. The average molecular weight is 538 g/mol. The van der Waals surface area contributed by atoms with Gasteiger partial charge in [-0.2, -0.15) is 10.4 Å². The molecule has 0 spiro atoms. The van der Waals surface area contributed by atoms with Crippen molar-refractivity contribution in [1.29, 1.82) is 5.26 Å². The van der Waals surface area contributed by atoms with Crippen LogP contribution in [0.25, 0.3) is 5.52 Å². The number of hydrogen-bond donors (Lipinski definition) is 2. The highest BCUT2D eigenvalue weighted by atomic mass is 31.2. The predicted octanol–water partition coefficient (Wildman–Crippen LogP) is 3.78. The molecule has 2 aromatic heterocycles. The molecule has 2 fully saturated rings. The summed E-state index contributed by atoms with van der Waals surface area (Å²) in [5.74, 6) is -0.625. The minimum Gasteiger partial charge on any atom is -0.465 e. The standard InChI is InChI=1S/C24H33FN5O6P/c1-4-5-6-7-8-13-33-22(31)16(2)29-37(32)34-14-19-21(36-37)23(3,25)24(15-26,35-19)20-10-9-18-17(27)11-12-28-30(18)20/h9-12,16,19,21H,4-8,13-14,27H2,1-3H3,(H,29,32)/t16-,19+,21+,23+,24-,37?/m0/s1. The van der Waals surface area contributed by atoms with Crippen LogP contribution in [-0.2, 0) is 33.5 Å². The first-order chi connectivity index (χ1) is 17.6. The Balaban J connectivity index is 1.47. The number of ether oxygens (including phenoxy) is 2. The van der Waals surface area contributed by atoms with Crippen LogP contribution in [0.1, 0.15) is 58.6 Å². The van der Waals surface area contributed by atoms with E-state index in [4.69, 9.17) is 24.3 Å². The summed E-state index contributed by atoms with van der Waals surface area (Å²) in [6.07, 6.45) is 3.94. The van der Waals surface area contributed by atoms with Crippen LogP contribution in [0.4, 0.5) is 10.1 Å². The highest BCUT2D eigenvalue weighted by molar-refractivity contribution is 7.51. The van der Waals surface area contributed by atoms with E-state index in [9.17, 15) is 14.6 Å². The lowest BCUT2D eigenvalue weighted by Crippen LogP contribution is -2.51. The van der Waals surface area contributed by atoms with Crippen LogP contribution in [0.5, 0.6) is 0 Å². The fraction of sp³-hybridized carbons (Fsp3) is 0.625. The lowest BCUT2D eigenvalue weighted by molar-refractivity contribution is -0.145. The Kier molecular flexibility index (Phi) is 7.93. The van der Waals surface area contributed by atoms with E-state index < -0.39 is 43.2 Å². The number of nitrogens with one attached hydrogen (secondary N) is 1. The van der Waals surface area contributed by atoms with Gasteiger partial charge in [-0.1, -0.05) is 32.6 Å². The van der Waals surface area contributed by atoms with Crippen molar-refractivity contribution < 1.29 is 32.3 Å². The number of unbranched alkanes of at least 4 members (excludes halogenated alkanes) is 4. The van der Waals surface area contributed by atoms with Gasteiger partial charge in [0.1, 0.15) is 24.3 Å². The number of aromatic nitrogens is 2. The molecular weight excluding hydrogens is 504 g/mol. The summed E-state index contributed by atoms with van der Waals surface area (Å²) in [6.45, 7) is 4.65. The van der Waals surface area contributed by atoms with Gasteiger partial charge in [0.15, 0.2) is 5.67 Å². The number of fused-ring (bicyclic) bond motifs is 2. The predicted molar refractivity (Wildman–Crippen MR) is 132 cm³/mol. The largest absolute Gasteiger partial charge is 0.465 e. The molecule has 0 aromatic carbocycles. The van der Waals surface area contributed by atoms with E-state index in [2.05, 4.69) is 17.1 Å². The molecule has 4 heterocycles. The quantitative estimate of drug-likeness (QED) is 0.260. The van der Waals surface area contributed by atoms with E-state index >= 15 is 4.39 Å². The molecule has 2 saturated heterocycles. The van der Waals surface area contributed by atoms with Gasteiger partial charge in [0.2, 0.25) is 5.60 Å². The number of nitrogens with zero attached hydrogens (tertiary/aromatic N) is 3. The molecule has 0 amide bonds. The summed E-state index contributed by atoms with van der Waals surface area (Å²) in [5.41, 5.74) is 2.34. The summed E-state index contributed by atoms with van der Waals surface area (Å²) in [7, 11) is -4.15. The maximum atomic E-state index is 16.6. The second-order valence-corrected chi connectivity index (χ2v) is 11.3. The number of carbonyl (C=O) groups excluding carboxylic acids is 1. The minimum absolute atomic E-state index is 0.110. The summed E-state index contributed by atoms with van der Waals surface area (Å²) in [4.78, 5) is 12.4. The van der Waals surface area contributed by atoms with E-state index in [0.29, 0.717) is 11.2 Å². The van der Waals surface area contributed by atoms with Crippen LogP contribution >= 0.6 is 7.75 Å². The first kappa shape index (κ1) is 27.5. The molecule has 202 valence electrons. The van der Waals surface area contributed by atoms with Gasteiger partial charge in [0.25, 0.3) is 0 Å². The Morgan fingerprint density at radius 1 is 1.41 bits per heavy atom. The highest BCUT2D eigenvalue weighted by Gasteiger charge is 2.70. The van der Waals surface area contributed by atoms with E-state index in [1.54, 1.807) is 12.1 Å². The Labute approximate surface area is 215 Å². The molecule has 3 N–H and O–H groups in total. The molecule has 2 aliphatic heterocycles. The Hall–Kier alpha value is -2.55. The van der Waals surface area contributed by atoms with Crippen LogP contribution in [-0.4, -0.2) is 52.7 Å². The van der Waals surface area contributed by atoms with Gasteiger partial charge in [0, 0.05) is 6.20 Å². The van der Waals surface area contributed by atoms with Crippen molar-refractivity contribution in [2.24, 2.45) is 0 Å². The molecule has 1 unspecified atom stereocenters. The molecule has 4 rings (SSSR count). The van der Waals surface area contributed by atoms with E-state index in [1.807, 2.05) is 6.07 Å².